The molecule has 1 amide bonds. The largest absolute Gasteiger partial charge is 0.495 e. The van der Waals surface area contributed by atoms with Crippen LogP contribution >= 0.6 is 11.6 Å². The molecule has 0 saturated heterocycles. The number of ether oxygens (including phenoxy) is 1. The Labute approximate surface area is 141 Å². The summed E-state index contributed by atoms with van der Waals surface area (Å²) in [6.07, 6.45) is 0.974. The first-order valence-corrected chi connectivity index (χ1v) is 7.97. The summed E-state index contributed by atoms with van der Waals surface area (Å²) in [4.78, 5) is 14.7. The lowest BCUT2D eigenvalue weighted by Crippen LogP contribution is -2.41. The second kappa shape index (κ2) is 6.50. The molecule has 5 heteroatoms. The van der Waals surface area contributed by atoms with Gasteiger partial charge in [0.25, 0.3) is 0 Å². The Morgan fingerprint density at radius 1 is 1.30 bits per heavy atom. The first-order chi connectivity index (χ1) is 11.1. The highest BCUT2D eigenvalue weighted by Crippen LogP contribution is 2.30. The predicted octanol–water partition coefficient (Wildman–Crippen LogP) is 3.74. The molecule has 2 aromatic rings. The summed E-state index contributed by atoms with van der Waals surface area (Å²) >= 11 is 6.10. The van der Waals surface area contributed by atoms with Crippen LogP contribution in [0.25, 0.3) is 0 Å². The fourth-order valence-electron chi connectivity index (χ4n) is 2.90. The van der Waals surface area contributed by atoms with Crippen LogP contribution in [0.5, 0.6) is 5.75 Å². The quantitative estimate of drug-likeness (QED) is 0.928. The van der Waals surface area contributed by atoms with Crippen molar-refractivity contribution in [3.05, 3.63) is 53.1 Å². The number of nitrogens with one attached hydrogen (secondary N) is 1. The van der Waals surface area contributed by atoms with Crippen molar-refractivity contribution in [3.63, 3.8) is 0 Å². The van der Waals surface area contributed by atoms with E-state index in [1.807, 2.05) is 19.1 Å². The molecule has 0 bridgehead atoms. The first kappa shape index (κ1) is 15.7. The number of hydrogen-bond acceptors (Lipinski definition) is 3. The molecule has 1 atom stereocenters. The number of anilines is 2. The van der Waals surface area contributed by atoms with E-state index in [0.717, 1.165) is 18.7 Å². The lowest BCUT2D eigenvalue weighted by Gasteiger charge is -2.26. The lowest BCUT2D eigenvalue weighted by molar-refractivity contribution is -0.117. The molecule has 120 valence electrons. The van der Waals surface area contributed by atoms with Crippen LogP contribution in [-0.4, -0.2) is 25.6 Å². The van der Waals surface area contributed by atoms with Gasteiger partial charge in [0, 0.05) is 17.9 Å². The average Bonchev–Trinajstić information content (AvgIpc) is 2.98. The number of carbonyl (C=O) groups excluding carboxylic acids is 1. The van der Waals surface area contributed by atoms with Gasteiger partial charge in [0.05, 0.1) is 12.1 Å². The molecule has 2 aromatic carbocycles. The van der Waals surface area contributed by atoms with Crippen molar-refractivity contribution in [2.24, 2.45) is 0 Å². The predicted molar refractivity (Wildman–Crippen MR) is 93.6 cm³/mol. The van der Waals surface area contributed by atoms with Crippen molar-refractivity contribution >= 4 is 28.9 Å². The molecule has 0 radical (unpaired) electrons. The highest BCUT2D eigenvalue weighted by atomic mass is 35.5. The van der Waals surface area contributed by atoms with Crippen molar-refractivity contribution in [2.75, 3.05) is 23.9 Å². The summed E-state index contributed by atoms with van der Waals surface area (Å²) in [5.74, 6) is 0.536. The Bertz CT molecular complexity index is 733. The molecule has 0 spiro atoms. The monoisotopic (exact) mass is 330 g/mol. The third-order valence-corrected chi connectivity index (χ3v) is 4.48. The number of carbonyl (C=O) groups is 1. The van der Waals surface area contributed by atoms with E-state index in [1.165, 1.54) is 5.56 Å². The Balaban J connectivity index is 1.72. The number of nitrogens with zero attached hydrogens (tertiary/aromatic N) is 1. The van der Waals surface area contributed by atoms with Crippen molar-refractivity contribution in [3.8, 4) is 5.75 Å². The molecular formula is C18H19ClN2O2. The van der Waals surface area contributed by atoms with Gasteiger partial charge in [0.2, 0.25) is 5.91 Å². The molecule has 1 heterocycles. The number of halogens is 1. The van der Waals surface area contributed by atoms with Gasteiger partial charge in [-0.2, -0.15) is 0 Å². The van der Waals surface area contributed by atoms with Crippen molar-refractivity contribution in [1.29, 1.82) is 0 Å². The maximum absolute atomic E-state index is 12.5. The molecule has 1 aliphatic heterocycles. The molecular weight excluding hydrogens is 312 g/mol. The standard InChI is InChI=1S/C18H19ClN2O2/c1-12(21-10-9-13-5-3-4-6-16(13)21)18(22)20-14-7-8-17(23-2)15(19)11-14/h3-8,11-12H,9-10H2,1-2H3,(H,20,22)/t12-/m1/s1. The minimum Gasteiger partial charge on any atom is -0.495 e. The number of amides is 1. The number of hydrogen-bond donors (Lipinski definition) is 1. The fourth-order valence-corrected chi connectivity index (χ4v) is 3.16. The van der Waals surface area contributed by atoms with Crippen LogP contribution in [0, 0.1) is 0 Å². The number of para-hydroxylation sites is 1. The van der Waals surface area contributed by atoms with Gasteiger partial charge in [0.15, 0.2) is 0 Å². The Kier molecular flexibility index (Phi) is 4.44. The van der Waals surface area contributed by atoms with Crippen LogP contribution in [-0.2, 0) is 11.2 Å². The summed E-state index contributed by atoms with van der Waals surface area (Å²) in [6, 6.07) is 13.2. The van der Waals surface area contributed by atoms with Crippen LogP contribution in [0.1, 0.15) is 12.5 Å². The zero-order valence-electron chi connectivity index (χ0n) is 13.2. The third kappa shape index (κ3) is 3.13. The number of fused-ring (bicyclic) bond motifs is 1. The van der Waals surface area contributed by atoms with Gasteiger partial charge in [-0.1, -0.05) is 29.8 Å². The van der Waals surface area contributed by atoms with Crippen LogP contribution in [0.2, 0.25) is 5.02 Å². The van der Waals surface area contributed by atoms with E-state index in [0.29, 0.717) is 16.5 Å². The van der Waals surface area contributed by atoms with Gasteiger partial charge in [-0.3, -0.25) is 4.79 Å². The maximum Gasteiger partial charge on any atom is 0.246 e. The Morgan fingerprint density at radius 2 is 2.09 bits per heavy atom. The highest BCUT2D eigenvalue weighted by molar-refractivity contribution is 6.32. The summed E-state index contributed by atoms with van der Waals surface area (Å²) < 4.78 is 5.12. The molecule has 0 unspecified atom stereocenters. The molecule has 3 rings (SSSR count). The molecule has 0 fully saturated rings. The lowest BCUT2D eigenvalue weighted by atomic mass is 10.1. The van der Waals surface area contributed by atoms with E-state index in [9.17, 15) is 4.79 Å². The summed E-state index contributed by atoms with van der Waals surface area (Å²) in [6.45, 7) is 2.78. The van der Waals surface area contributed by atoms with Gasteiger partial charge in [-0.15, -0.1) is 0 Å². The highest BCUT2D eigenvalue weighted by Gasteiger charge is 2.27. The fraction of sp³-hybridized carbons (Fsp3) is 0.278. The minimum atomic E-state index is -0.250. The van der Waals surface area contributed by atoms with Gasteiger partial charge in [-0.05, 0) is 43.2 Å². The first-order valence-electron chi connectivity index (χ1n) is 7.59. The maximum atomic E-state index is 12.5. The van der Waals surface area contributed by atoms with Crippen molar-refractivity contribution in [1.82, 2.24) is 0 Å². The van der Waals surface area contributed by atoms with E-state index in [-0.39, 0.29) is 11.9 Å². The zero-order chi connectivity index (χ0) is 16.4. The normalized spacial score (nSPS) is 14.3. The molecule has 0 aromatic heterocycles. The van der Waals surface area contributed by atoms with E-state index in [4.69, 9.17) is 16.3 Å². The van der Waals surface area contributed by atoms with Crippen LogP contribution in [0.15, 0.2) is 42.5 Å². The van der Waals surface area contributed by atoms with Gasteiger partial charge in [0.1, 0.15) is 11.8 Å². The Morgan fingerprint density at radius 3 is 2.83 bits per heavy atom. The topological polar surface area (TPSA) is 41.6 Å². The van der Waals surface area contributed by atoms with E-state index in [1.54, 1.807) is 25.3 Å². The smallest absolute Gasteiger partial charge is 0.246 e. The summed E-state index contributed by atoms with van der Waals surface area (Å²) in [5.41, 5.74) is 3.10. The van der Waals surface area contributed by atoms with E-state index < -0.39 is 0 Å². The van der Waals surface area contributed by atoms with Crippen LogP contribution < -0.4 is 15.0 Å². The van der Waals surface area contributed by atoms with Gasteiger partial charge < -0.3 is 15.0 Å². The van der Waals surface area contributed by atoms with Gasteiger partial charge >= 0.3 is 0 Å². The molecule has 0 saturated carbocycles. The van der Waals surface area contributed by atoms with Crippen molar-refractivity contribution < 1.29 is 9.53 Å². The van der Waals surface area contributed by atoms with Crippen LogP contribution in [0.4, 0.5) is 11.4 Å². The average molecular weight is 331 g/mol. The SMILES string of the molecule is COc1ccc(NC(=O)[C@@H](C)N2CCc3ccccc32)cc1Cl. The Hall–Kier alpha value is -2.20. The summed E-state index contributed by atoms with van der Waals surface area (Å²) in [5, 5.41) is 3.40. The minimum absolute atomic E-state index is 0.0528. The van der Waals surface area contributed by atoms with E-state index >= 15 is 0 Å². The van der Waals surface area contributed by atoms with Crippen molar-refractivity contribution in [2.45, 2.75) is 19.4 Å². The second-order valence-corrected chi connectivity index (χ2v) is 5.99. The zero-order valence-corrected chi connectivity index (χ0v) is 13.9. The molecule has 0 aliphatic carbocycles. The number of rotatable bonds is 4. The molecule has 23 heavy (non-hydrogen) atoms. The number of methoxy groups -OCH3 is 1. The van der Waals surface area contributed by atoms with Crippen LogP contribution in [0.3, 0.4) is 0 Å². The van der Waals surface area contributed by atoms with E-state index in [2.05, 4.69) is 22.3 Å². The molecule has 1 aliphatic rings. The molecule has 4 nitrogen and oxygen atoms in total. The van der Waals surface area contributed by atoms with Gasteiger partial charge in [-0.25, -0.2) is 0 Å². The number of benzene rings is 2. The third-order valence-electron chi connectivity index (χ3n) is 4.19. The second-order valence-electron chi connectivity index (χ2n) is 5.59. The molecule has 1 N–H and O–H groups in total. The summed E-state index contributed by atoms with van der Waals surface area (Å²) in [7, 11) is 1.56.